The number of hydrogen-bond donors (Lipinski definition) is 3. The fourth-order valence-electron chi connectivity index (χ4n) is 2.04. The molecule has 6 nitrogen and oxygen atoms in total. The van der Waals surface area contributed by atoms with Gasteiger partial charge in [-0.15, -0.1) is 10.2 Å². The Hall–Kier alpha value is -1.99. The predicted octanol–water partition coefficient (Wildman–Crippen LogP) is 2.73. The Bertz CT molecular complexity index is 601. The third-order valence-electron chi connectivity index (χ3n) is 2.98. The summed E-state index contributed by atoms with van der Waals surface area (Å²) >= 11 is 1.31. The molecule has 2 rings (SSSR count). The molecule has 0 aliphatic heterocycles. The summed E-state index contributed by atoms with van der Waals surface area (Å²) in [4.78, 5) is 11.9. The van der Waals surface area contributed by atoms with Crippen LogP contribution >= 0.6 is 11.3 Å². The molecule has 2 amide bonds. The average molecular weight is 320 g/mol. The maximum atomic E-state index is 11.9. The number of anilines is 1. The van der Waals surface area contributed by atoms with Crippen LogP contribution < -0.4 is 10.6 Å². The molecule has 0 fully saturated rings. The quantitative estimate of drug-likeness (QED) is 0.764. The van der Waals surface area contributed by atoms with Gasteiger partial charge in [0.1, 0.15) is 5.01 Å². The number of amides is 2. The first-order chi connectivity index (χ1) is 10.6. The number of rotatable bonds is 6. The Labute approximate surface area is 133 Å². The van der Waals surface area contributed by atoms with Crippen molar-refractivity contribution in [2.24, 2.45) is 5.92 Å². The average Bonchev–Trinajstić information content (AvgIpc) is 2.95. The van der Waals surface area contributed by atoms with Crippen LogP contribution in [0.5, 0.6) is 0 Å². The Morgan fingerprint density at radius 2 is 2.00 bits per heavy atom. The molecule has 7 heteroatoms. The van der Waals surface area contributed by atoms with E-state index in [-0.39, 0.29) is 18.7 Å². The monoisotopic (exact) mass is 320 g/mol. The SMILES string of the molecule is CC(C)CC(CO)NC(=O)Nc1nnc(-c2ccccc2)s1. The number of urea groups is 1. The highest BCUT2D eigenvalue weighted by Gasteiger charge is 2.14. The molecule has 1 atom stereocenters. The van der Waals surface area contributed by atoms with Gasteiger partial charge in [0.05, 0.1) is 12.6 Å². The van der Waals surface area contributed by atoms with Crippen molar-refractivity contribution in [3.63, 3.8) is 0 Å². The second-order valence-electron chi connectivity index (χ2n) is 5.39. The van der Waals surface area contributed by atoms with Gasteiger partial charge in [0.25, 0.3) is 0 Å². The van der Waals surface area contributed by atoms with E-state index in [9.17, 15) is 9.90 Å². The van der Waals surface area contributed by atoms with Gasteiger partial charge in [-0.3, -0.25) is 5.32 Å². The first kappa shape index (κ1) is 16.4. The smallest absolute Gasteiger partial charge is 0.321 e. The zero-order valence-electron chi connectivity index (χ0n) is 12.6. The molecule has 0 spiro atoms. The topological polar surface area (TPSA) is 87.1 Å². The van der Waals surface area contributed by atoms with Crippen molar-refractivity contribution in [2.75, 3.05) is 11.9 Å². The fourth-order valence-corrected chi connectivity index (χ4v) is 2.78. The van der Waals surface area contributed by atoms with Gasteiger partial charge >= 0.3 is 6.03 Å². The van der Waals surface area contributed by atoms with Gasteiger partial charge in [-0.2, -0.15) is 0 Å². The highest BCUT2D eigenvalue weighted by molar-refractivity contribution is 7.18. The molecule has 0 radical (unpaired) electrons. The van der Waals surface area contributed by atoms with E-state index in [1.807, 2.05) is 44.2 Å². The molecule has 1 aromatic carbocycles. The number of nitrogens with one attached hydrogen (secondary N) is 2. The van der Waals surface area contributed by atoms with Gasteiger partial charge in [-0.25, -0.2) is 4.79 Å². The van der Waals surface area contributed by atoms with Crippen LogP contribution in [0, 0.1) is 5.92 Å². The third kappa shape index (κ3) is 4.78. The first-order valence-corrected chi connectivity index (χ1v) is 7.97. The molecule has 1 heterocycles. The van der Waals surface area contributed by atoms with Crippen LogP contribution in [-0.2, 0) is 0 Å². The number of nitrogens with zero attached hydrogens (tertiary/aromatic N) is 2. The largest absolute Gasteiger partial charge is 0.394 e. The van der Waals surface area contributed by atoms with Crippen LogP contribution in [0.4, 0.5) is 9.93 Å². The number of aliphatic hydroxyl groups is 1. The summed E-state index contributed by atoms with van der Waals surface area (Å²) in [5.41, 5.74) is 0.960. The molecule has 3 N–H and O–H groups in total. The zero-order chi connectivity index (χ0) is 15.9. The minimum atomic E-state index is -0.379. The van der Waals surface area contributed by atoms with E-state index >= 15 is 0 Å². The Morgan fingerprint density at radius 3 is 2.64 bits per heavy atom. The van der Waals surface area contributed by atoms with Crippen LogP contribution in [0.1, 0.15) is 20.3 Å². The molecule has 22 heavy (non-hydrogen) atoms. The molecule has 0 aliphatic carbocycles. The van der Waals surface area contributed by atoms with Crippen molar-refractivity contribution >= 4 is 22.5 Å². The predicted molar refractivity (Wildman–Crippen MR) is 87.8 cm³/mol. The molecule has 1 unspecified atom stereocenters. The van der Waals surface area contributed by atoms with E-state index in [2.05, 4.69) is 20.8 Å². The highest BCUT2D eigenvalue weighted by Crippen LogP contribution is 2.25. The molecule has 2 aromatic rings. The van der Waals surface area contributed by atoms with Gasteiger partial charge in [-0.05, 0) is 12.3 Å². The molecular weight excluding hydrogens is 300 g/mol. The van der Waals surface area contributed by atoms with E-state index in [0.717, 1.165) is 17.0 Å². The van der Waals surface area contributed by atoms with E-state index in [0.29, 0.717) is 11.0 Å². The molecule has 0 bridgehead atoms. The second kappa shape index (κ2) is 7.86. The van der Waals surface area contributed by atoms with Crippen LogP contribution in [0.15, 0.2) is 30.3 Å². The van der Waals surface area contributed by atoms with E-state index < -0.39 is 0 Å². The van der Waals surface area contributed by atoms with Crippen molar-refractivity contribution in [1.29, 1.82) is 0 Å². The molecule has 1 aromatic heterocycles. The van der Waals surface area contributed by atoms with Crippen LogP contribution in [0.2, 0.25) is 0 Å². The standard InChI is InChI=1S/C15H20N4O2S/c1-10(2)8-12(9-20)16-14(21)17-15-19-18-13(22-15)11-6-4-3-5-7-11/h3-7,10,12,20H,8-9H2,1-2H3,(H2,16,17,19,21). The minimum Gasteiger partial charge on any atom is -0.394 e. The normalized spacial score (nSPS) is 12.2. The summed E-state index contributed by atoms with van der Waals surface area (Å²) in [6.45, 7) is 4.00. The Kier molecular flexibility index (Phi) is 5.85. The summed E-state index contributed by atoms with van der Waals surface area (Å²) in [7, 11) is 0. The van der Waals surface area contributed by atoms with Gasteiger partial charge in [-0.1, -0.05) is 55.5 Å². The van der Waals surface area contributed by atoms with Gasteiger partial charge in [0.15, 0.2) is 0 Å². The van der Waals surface area contributed by atoms with Crippen molar-refractivity contribution in [3.8, 4) is 10.6 Å². The highest BCUT2D eigenvalue weighted by atomic mass is 32.1. The summed E-state index contributed by atoms with van der Waals surface area (Å²) in [6.07, 6.45) is 0.718. The number of benzene rings is 1. The molecule has 0 aliphatic rings. The number of aliphatic hydroxyl groups excluding tert-OH is 1. The lowest BCUT2D eigenvalue weighted by Gasteiger charge is -2.17. The van der Waals surface area contributed by atoms with E-state index in [4.69, 9.17) is 0 Å². The Morgan fingerprint density at radius 1 is 1.27 bits per heavy atom. The molecular formula is C15H20N4O2S. The molecule has 0 saturated carbocycles. The molecule has 118 valence electrons. The van der Waals surface area contributed by atoms with Crippen LogP contribution in [-0.4, -0.2) is 34.0 Å². The van der Waals surface area contributed by atoms with E-state index in [1.54, 1.807) is 0 Å². The fraction of sp³-hybridized carbons (Fsp3) is 0.400. The lowest BCUT2D eigenvalue weighted by molar-refractivity contribution is 0.214. The maximum absolute atomic E-state index is 11.9. The summed E-state index contributed by atoms with van der Waals surface area (Å²) in [5.74, 6) is 0.392. The van der Waals surface area contributed by atoms with Crippen LogP contribution in [0.3, 0.4) is 0 Å². The lowest BCUT2D eigenvalue weighted by Crippen LogP contribution is -2.40. The van der Waals surface area contributed by atoms with Gasteiger partial charge in [0, 0.05) is 5.56 Å². The Balaban J connectivity index is 1.94. The van der Waals surface area contributed by atoms with Crippen molar-refractivity contribution in [1.82, 2.24) is 15.5 Å². The van der Waals surface area contributed by atoms with Crippen LogP contribution in [0.25, 0.3) is 10.6 Å². The maximum Gasteiger partial charge on any atom is 0.321 e. The third-order valence-corrected chi connectivity index (χ3v) is 3.87. The molecule has 0 saturated heterocycles. The van der Waals surface area contributed by atoms with Gasteiger partial charge in [0.2, 0.25) is 5.13 Å². The van der Waals surface area contributed by atoms with Crippen molar-refractivity contribution in [2.45, 2.75) is 26.3 Å². The minimum absolute atomic E-state index is 0.0863. The first-order valence-electron chi connectivity index (χ1n) is 7.15. The number of carbonyl (C=O) groups is 1. The van der Waals surface area contributed by atoms with E-state index in [1.165, 1.54) is 11.3 Å². The number of carbonyl (C=O) groups excluding carboxylic acids is 1. The second-order valence-corrected chi connectivity index (χ2v) is 6.36. The van der Waals surface area contributed by atoms with Crippen molar-refractivity contribution in [3.05, 3.63) is 30.3 Å². The van der Waals surface area contributed by atoms with Gasteiger partial charge < -0.3 is 10.4 Å². The number of aromatic nitrogens is 2. The number of hydrogen-bond acceptors (Lipinski definition) is 5. The summed E-state index contributed by atoms with van der Waals surface area (Å²) < 4.78 is 0. The zero-order valence-corrected chi connectivity index (χ0v) is 13.4. The summed E-state index contributed by atoms with van der Waals surface area (Å²) in [6, 6.07) is 9.02. The summed E-state index contributed by atoms with van der Waals surface area (Å²) in [5, 5.41) is 23.9. The van der Waals surface area contributed by atoms with Crippen molar-refractivity contribution < 1.29 is 9.90 Å². The lowest BCUT2D eigenvalue weighted by atomic mass is 10.0.